The zero-order valence-corrected chi connectivity index (χ0v) is 6.06. The molecule has 0 saturated carbocycles. The number of piperidine rings is 1. The number of nitrogens with zero attached hydrogens (tertiary/aromatic N) is 1. The number of hydrogen-bond acceptors (Lipinski definition) is 3. The van der Waals surface area contributed by atoms with Gasteiger partial charge >= 0.3 is 0 Å². The van der Waals surface area contributed by atoms with Gasteiger partial charge in [-0.05, 0) is 25.9 Å². The normalized spacial score (nSPS) is 29.6. The van der Waals surface area contributed by atoms with Crippen molar-refractivity contribution in [3.05, 3.63) is 0 Å². The Morgan fingerprint density at radius 3 is 2.70 bits per heavy atom. The lowest BCUT2D eigenvalue weighted by Crippen LogP contribution is -2.50. The molecule has 10 heavy (non-hydrogen) atoms. The second kappa shape index (κ2) is 2.32. The van der Waals surface area contributed by atoms with Crippen molar-refractivity contribution in [3.63, 3.8) is 0 Å². The maximum atomic E-state index is 4.20. The molecule has 0 aromatic heterocycles. The van der Waals surface area contributed by atoms with Gasteiger partial charge < -0.3 is 5.32 Å². The van der Waals surface area contributed by atoms with Crippen LogP contribution in [-0.4, -0.2) is 31.5 Å². The Labute approximate surface area is 60.9 Å². The number of aliphatic imine (C=N–C) groups is 1. The van der Waals surface area contributed by atoms with Crippen LogP contribution in [0.15, 0.2) is 4.99 Å². The predicted octanol–water partition coefficient (Wildman–Crippen LogP) is -0.260. The maximum Gasteiger partial charge on any atom is 0.0888 e. The molecule has 0 radical (unpaired) electrons. The van der Waals surface area contributed by atoms with Gasteiger partial charge in [0.2, 0.25) is 0 Å². The molecule has 0 bridgehead atoms. The molecule has 0 aromatic carbocycles. The summed E-state index contributed by atoms with van der Waals surface area (Å²) >= 11 is 0. The molecule has 2 heterocycles. The number of hydrogen-bond donors (Lipinski definition) is 2. The van der Waals surface area contributed by atoms with Gasteiger partial charge in [-0.2, -0.15) is 0 Å². The molecule has 0 unspecified atom stereocenters. The third kappa shape index (κ3) is 0.954. The fraction of sp³-hybridized carbons (Fsp3) is 0.857. The molecule has 1 fully saturated rings. The Balaban J connectivity index is 2.05. The standard InChI is InChI=1S/C7H13N3/c1-3-8-4-2-7(1)5-9-6-10-7/h5,8,10H,1-4,6H2. The molecule has 1 spiro atoms. The van der Waals surface area contributed by atoms with Crippen molar-refractivity contribution in [2.75, 3.05) is 19.8 Å². The zero-order valence-electron chi connectivity index (χ0n) is 6.06. The Morgan fingerprint density at radius 1 is 1.30 bits per heavy atom. The van der Waals surface area contributed by atoms with E-state index in [1.54, 1.807) is 0 Å². The summed E-state index contributed by atoms with van der Waals surface area (Å²) in [5.41, 5.74) is 0.269. The van der Waals surface area contributed by atoms with Crippen LogP contribution >= 0.6 is 0 Å². The second-order valence-corrected chi connectivity index (χ2v) is 3.05. The van der Waals surface area contributed by atoms with Gasteiger partial charge in [-0.1, -0.05) is 0 Å². The molecule has 3 nitrogen and oxygen atoms in total. The molecule has 2 N–H and O–H groups in total. The van der Waals surface area contributed by atoms with Gasteiger partial charge in [0.15, 0.2) is 0 Å². The van der Waals surface area contributed by atoms with Crippen molar-refractivity contribution >= 4 is 6.21 Å². The van der Waals surface area contributed by atoms with Crippen molar-refractivity contribution in [2.24, 2.45) is 4.99 Å². The molecule has 2 rings (SSSR count). The van der Waals surface area contributed by atoms with Crippen molar-refractivity contribution in [1.29, 1.82) is 0 Å². The monoisotopic (exact) mass is 139 g/mol. The maximum absolute atomic E-state index is 4.20. The first-order valence-corrected chi connectivity index (χ1v) is 3.88. The van der Waals surface area contributed by atoms with Gasteiger partial charge in [0.25, 0.3) is 0 Å². The van der Waals surface area contributed by atoms with E-state index in [2.05, 4.69) is 21.8 Å². The van der Waals surface area contributed by atoms with E-state index in [1.807, 2.05) is 0 Å². The van der Waals surface area contributed by atoms with Crippen LogP contribution in [0.25, 0.3) is 0 Å². The highest BCUT2D eigenvalue weighted by Gasteiger charge is 2.31. The highest BCUT2D eigenvalue weighted by atomic mass is 15.1. The molecule has 3 heteroatoms. The van der Waals surface area contributed by atoms with Gasteiger partial charge in [-0.25, -0.2) is 0 Å². The van der Waals surface area contributed by atoms with E-state index in [1.165, 1.54) is 12.8 Å². The Kier molecular flexibility index (Phi) is 1.47. The summed E-state index contributed by atoms with van der Waals surface area (Å²) in [6, 6.07) is 0. The SMILES string of the molecule is C1=NCNC12CCNCC2. The van der Waals surface area contributed by atoms with E-state index in [-0.39, 0.29) is 5.54 Å². The summed E-state index contributed by atoms with van der Waals surface area (Å²) in [7, 11) is 0. The Bertz CT molecular complexity index is 147. The highest BCUT2D eigenvalue weighted by Crippen LogP contribution is 2.18. The highest BCUT2D eigenvalue weighted by molar-refractivity contribution is 5.72. The Hall–Kier alpha value is -0.410. The van der Waals surface area contributed by atoms with Crippen LogP contribution in [0.2, 0.25) is 0 Å². The molecule has 0 atom stereocenters. The average Bonchev–Trinajstić information content (AvgIpc) is 2.39. The number of rotatable bonds is 0. The smallest absolute Gasteiger partial charge is 0.0888 e. The van der Waals surface area contributed by atoms with Crippen molar-refractivity contribution < 1.29 is 0 Å². The van der Waals surface area contributed by atoms with Gasteiger partial charge in [-0.15, -0.1) is 0 Å². The summed E-state index contributed by atoms with van der Waals surface area (Å²) in [6.07, 6.45) is 4.47. The average molecular weight is 139 g/mol. The molecule has 2 aliphatic rings. The fourth-order valence-corrected chi connectivity index (χ4v) is 1.65. The Morgan fingerprint density at radius 2 is 2.10 bits per heavy atom. The molecule has 0 aromatic rings. The van der Waals surface area contributed by atoms with Crippen LogP contribution in [0.5, 0.6) is 0 Å². The van der Waals surface area contributed by atoms with Crippen molar-refractivity contribution in [2.45, 2.75) is 18.4 Å². The quantitative estimate of drug-likeness (QED) is 0.485. The first kappa shape index (κ1) is 6.31. The molecular weight excluding hydrogens is 126 g/mol. The van der Waals surface area contributed by atoms with E-state index < -0.39 is 0 Å². The summed E-state index contributed by atoms with van der Waals surface area (Å²) in [4.78, 5) is 4.20. The van der Waals surface area contributed by atoms with E-state index in [0.717, 1.165) is 19.8 Å². The van der Waals surface area contributed by atoms with Gasteiger partial charge in [0, 0.05) is 6.21 Å². The topological polar surface area (TPSA) is 36.4 Å². The third-order valence-electron chi connectivity index (χ3n) is 2.36. The summed E-state index contributed by atoms with van der Waals surface area (Å²) in [6.45, 7) is 3.07. The molecule has 1 saturated heterocycles. The van der Waals surface area contributed by atoms with Gasteiger partial charge in [-0.3, -0.25) is 10.3 Å². The van der Waals surface area contributed by atoms with Crippen LogP contribution in [0.3, 0.4) is 0 Å². The first-order chi connectivity index (χ1) is 4.91. The lowest BCUT2D eigenvalue weighted by Gasteiger charge is -2.31. The van der Waals surface area contributed by atoms with Crippen LogP contribution in [-0.2, 0) is 0 Å². The fourth-order valence-electron chi connectivity index (χ4n) is 1.65. The third-order valence-corrected chi connectivity index (χ3v) is 2.36. The second-order valence-electron chi connectivity index (χ2n) is 3.05. The van der Waals surface area contributed by atoms with Crippen molar-refractivity contribution in [3.8, 4) is 0 Å². The predicted molar refractivity (Wildman–Crippen MR) is 41.3 cm³/mol. The number of nitrogens with one attached hydrogen (secondary N) is 2. The van der Waals surface area contributed by atoms with Crippen LogP contribution < -0.4 is 10.6 Å². The van der Waals surface area contributed by atoms with Gasteiger partial charge in [0.05, 0.1) is 12.2 Å². The van der Waals surface area contributed by atoms with Gasteiger partial charge in [0.1, 0.15) is 0 Å². The van der Waals surface area contributed by atoms with E-state index in [4.69, 9.17) is 0 Å². The summed E-state index contributed by atoms with van der Waals surface area (Å²) < 4.78 is 0. The molecule has 0 amide bonds. The minimum Gasteiger partial charge on any atom is -0.317 e. The lowest BCUT2D eigenvalue weighted by atomic mass is 9.91. The minimum atomic E-state index is 0.269. The minimum absolute atomic E-state index is 0.269. The largest absolute Gasteiger partial charge is 0.317 e. The summed E-state index contributed by atoms with van der Waals surface area (Å²) in [5, 5.41) is 6.74. The molecular formula is C7H13N3. The first-order valence-electron chi connectivity index (χ1n) is 3.88. The van der Waals surface area contributed by atoms with E-state index in [9.17, 15) is 0 Å². The van der Waals surface area contributed by atoms with E-state index >= 15 is 0 Å². The van der Waals surface area contributed by atoms with Crippen LogP contribution in [0.4, 0.5) is 0 Å². The lowest BCUT2D eigenvalue weighted by molar-refractivity contribution is 0.351. The van der Waals surface area contributed by atoms with Crippen LogP contribution in [0.1, 0.15) is 12.8 Å². The summed E-state index contributed by atoms with van der Waals surface area (Å²) in [5.74, 6) is 0. The molecule has 2 aliphatic heterocycles. The zero-order chi connectivity index (χ0) is 6.86. The van der Waals surface area contributed by atoms with Crippen molar-refractivity contribution in [1.82, 2.24) is 10.6 Å². The molecule has 56 valence electrons. The van der Waals surface area contributed by atoms with Crippen LogP contribution in [0, 0.1) is 0 Å². The molecule has 0 aliphatic carbocycles. The van der Waals surface area contributed by atoms with E-state index in [0.29, 0.717) is 0 Å².